The minimum atomic E-state index is -0.350. The number of ether oxygens (including phenoxy) is 2. The van der Waals surface area contributed by atoms with Crippen LogP contribution in [0.4, 0.5) is 15.2 Å². The molecule has 1 aromatic heterocycles. The average molecular weight is 380 g/mol. The molecule has 2 heterocycles. The molecule has 3 rings (SSSR count). The lowest BCUT2D eigenvalue weighted by Crippen LogP contribution is -2.35. The molecule has 1 fully saturated rings. The predicted molar refractivity (Wildman–Crippen MR) is 103 cm³/mol. The van der Waals surface area contributed by atoms with E-state index < -0.39 is 0 Å². The van der Waals surface area contributed by atoms with Crippen LogP contribution in [0.3, 0.4) is 0 Å². The predicted octanol–water partition coefficient (Wildman–Crippen LogP) is 4.43. The van der Waals surface area contributed by atoms with Crippen LogP contribution >= 0.6 is 11.3 Å². The van der Waals surface area contributed by atoms with Gasteiger partial charge in [-0.05, 0) is 18.6 Å². The van der Waals surface area contributed by atoms with Crippen LogP contribution in [0, 0.1) is 5.82 Å². The zero-order valence-corrected chi connectivity index (χ0v) is 16.0. The lowest BCUT2D eigenvalue weighted by atomic mass is 10.2. The number of aromatic nitrogens is 1. The highest BCUT2D eigenvalue weighted by atomic mass is 32.1. The zero-order chi connectivity index (χ0) is 18.2. The molecular formula is C19H26FN3O2S. The van der Waals surface area contributed by atoms with Gasteiger partial charge in [0, 0.05) is 36.8 Å². The van der Waals surface area contributed by atoms with Gasteiger partial charge in [-0.2, -0.15) is 0 Å². The molecule has 2 aromatic rings. The minimum Gasteiger partial charge on any atom is -0.491 e. The van der Waals surface area contributed by atoms with Crippen LogP contribution in [0.15, 0.2) is 23.6 Å². The van der Waals surface area contributed by atoms with Crippen molar-refractivity contribution in [1.82, 2.24) is 9.88 Å². The third-order valence-corrected chi connectivity index (χ3v) is 5.04. The van der Waals surface area contributed by atoms with Crippen molar-refractivity contribution >= 4 is 22.2 Å². The maximum absolute atomic E-state index is 14.2. The quantitative estimate of drug-likeness (QED) is 0.653. The van der Waals surface area contributed by atoms with Crippen molar-refractivity contribution in [3.05, 3.63) is 35.1 Å². The Morgan fingerprint density at radius 1 is 1.31 bits per heavy atom. The van der Waals surface area contributed by atoms with E-state index in [4.69, 9.17) is 9.47 Å². The van der Waals surface area contributed by atoms with Gasteiger partial charge in [0.15, 0.2) is 16.7 Å². The van der Waals surface area contributed by atoms with Crippen molar-refractivity contribution in [2.75, 3.05) is 38.2 Å². The van der Waals surface area contributed by atoms with E-state index in [2.05, 4.69) is 22.1 Å². The number of hydrogen-bond acceptors (Lipinski definition) is 6. The summed E-state index contributed by atoms with van der Waals surface area (Å²) in [6, 6.07) is 4.95. The second-order valence-corrected chi connectivity index (χ2v) is 7.22. The number of hydrogen-bond donors (Lipinski definition) is 1. The molecule has 5 nitrogen and oxygen atoms in total. The molecule has 26 heavy (non-hydrogen) atoms. The van der Waals surface area contributed by atoms with Crippen molar-refractivity contribution in [3.8, 4) is 5.75 Å². The topological polar surface area (TPSA) is 46.6 Å². The van der Waals surface area contributed by atoms with Crippen molar-refractivity contribution in [1.29, 1.82) is 0 Å². The summed E-state index contributed by atoms with van der Waals surface area (Å²) in [5.74, 6) is -0.0459. The van der Waals surface area contributed by atoms with Crippen molar-refractivity contribution < 1.29 is 13.9 Å². The minimum absolute atomic E-state index is 0.304. The Morgan fingerprint density at radius 3 is 2.92 bits per heavy atom. The molecule has 0 amide bonds. The second kappa shape index (κ2) is 9.85. The summed E-state index contributed by atoms with van der Waals surface area (Å²) in [5, 5.41) is 5.98. The zero-order valence-electron chi connectivity index (χ0n) is 15.2. The van der Waals surface area contributed by atoms with Gasteiger partial charge >= 0.3 is 0 Å². The number of rotatable bonds is 9. The van der Waals surface area contributed by atoms with Crippen LogP contribution in [-0.4, -0.2) is 42.8 Å². The maximum Gasteiger partial charge on any atom is 0.187 e. The first kappa shape index (κ1) is 19.1. The van der Waals surface area contributed by atoms with Crippen molar-refractivity contribution in [2.45, 2.75) is 32.7 Å². The molecule has 0 aliphatic carbocycles. The van der Waals surface area contributed by atoms with E-state index in [1.807, 2.05) is 11.4 Å². The Labute approximate surface area is 158 Å². The molecule has 7 heteroatoms. The largest absolute Gasteiger partial charge is 0.491 e. The van der Waals surface area contributed by atoms with Crippen molar-refractivity contribution in [3.63, 3.8) is 0 Å². The Bertz CT molecular complexity index is 689. The molecule has 1 aliphatic rings. The van der Waals surface area contributed by atoms with Gasteiger partial charge in [-0.1, -0.05) is 19.8 Å². The van der Waals surface area contributed by atoms with E-state index >= 15 is 0 Å². The normalized spacial score (nSPS) is 15.2. The fourth-order valence-electron chi connectivity index (χ4n) is 2.78. The number of unbranched alkanes of at least 4 members (excludes halogenated alkanes) is 2. The number of halogens is 1. The van der Waals surface area contributed by atoms with E-state index in [-0.39, 0.29) is 5.82 Å². The van der Waals surface area contributed by atoms with Gasteiger partial charge in [0.2, 0.25) is 0 Å². The molecule has 1 N–H and O–H groups in total. The second-order valence-electron chi connectivity index (χ2n) is 6.36. The van der Waals surface area contributed by atoms with Gasteiger partial charge in [0.1, 0.15) is 0 Å². The lowest BCUT2D eigenvalue weighted by molar-refractivity contribution is 0.0337. The summed E-state index contributed by atoms with van der Waals surface area (Å²) in [5.41, 5.74) is 1.70. The van der Waals surface area contributed by atoms with Gasteiger partial charge < -0.3 is 14.8 Å². The number of thiazole rings is 1. The summed E-state index contributed by atoms with van der Waals surface area (Å²) in [4.78, 5) is 6.92. The van der Waals surface area contributed by atoms with Gasteiger partial charge in [0.05, 0.1) is 25.5 Å². The van der Waals surface area contributed by atoms with E-state index in [0.717, 1.165) is 62.9 Å². The molecule has 0 bridgehead atoms. The fourth-order valence-corrected chi connectivity index (χ4v) is 3.50. The maximum atomic E-state index is 14.2. The molecule has 1 saturated heterocycles. The van der Waals surface area contributed by atoms with E-state index in [1.165, 1.54) is 17.4 Å². The SMILES string of the molecule is CCCCCOc1ccc(Nc2nc(CN3CCOCC3)cs2)cc1F. The summed E-state index contributed by atoms with van der Waals surface area (Å²) >= 11 is 1.53. The molecule has 142 valence electrons. The van der Waals surface area contributed by atoms with Crippen LogP contribution in [-0.2, 0) is 11.3 Å². The Morgan fingerprint density at radius 2 is 2.15 bits per heavy atom. The molecule has 0 radical (unpaired) electrons. The van der Waals surface area contributed by atoms with Crippen molar-refractivity contribution in [2.24, 2.45) is 0 Å². The summed E-state index contributed by atoms with van der Waals surface area (Å²) in [6.07, 6.45) is 3.16. The number of nitrogens with one attached hydrogen (secondary N) is 1. The number of anilines is 2. The monoisotopic (exact) mass is 379 g/mol. The summed E-state index contributed by atoms with van der Waals surface area (Å²) < 4.78 is 25.0. The Hall–Kier alpha value is -1.70. The highest BCUT2D eigenvalue weighted by Gasteiger charge is 2.13. The highest BCUT2D eigenvalue weighted by molar-refractivity contribution is 7.13. The fraction of sp³-hybridized carbons (Fsp3) is 0.526. The molecule has 0 unspecified atom stereocenters. The summed E-state index contributed by atoms with van der Waals surface area (Å²) in [6.45, 7) is 6.93. The molecular weight excluding hydrogens is 353 g/mol. The Kier molecular flexibility index (Phi) is 7.22. The summed E-state index contributed by atoms with van der Waals surface area (Å²) in [7, 11) is 0. The van der Waals surface area contributed by atoms with E-state index in [9.17, 15) is 4.39 Å². The number of benzene rings is 1. The standard InChI is InChI=1S/C19H26FN3O2S/c1-2-3-4-9-25-18-6-5-15(12-17(18)20)21-19-22-16(14-26-19)13-23-7-10-24-11-8-23/h5-6,12,14H,2-4,7-11,13H2,1H3,(H,21,22). The van der Waals surface area contributed by atoms with Gasteiger partial charge in [-0.25, -0.2) is 9.37 Å². The van der Waals surface area contributed by atoms with E-state index in [0.29, 0.717) is 18.0 Å². The van der Waals surface area contributed by atoms with Gasteiger partial charge in [-0.15, -0.1) is 11.3 Å². The first-order chi connectivity index (χ1) is 12.7. The smallest absolute Gasteiger partial charge is 0.187 e. The molecule has 0 atom stereocenters. The first-order valence-corrected chi connectivity index (χ1v) is 10.1. The first-order valence-electron chi connectivity index (χ1n) is 9.18. The number of nitrogens with zero attached hydrogens (tertiary/aromatic N) is 2. The third-order valence-electron chi connectivity index (χ3n) is 4.23. The molecule has 1 aromatic carbocycles. The third kappa shape index (κ3) is 5.65. The van der Waals surface area contributed by atoms with Crippen LogP contribution in [0.5, 0.6) is 5.75 Å². The molecule has 0 spiro atoms. The van der Waals surface area contributed by atoms with Crippen LogP contribution in [0.1, 0.15) is 31.9 Å². The Balaban J connectivity index is 1.52. The van der Waals surface area contributed by atoms with Crippen LogP contribution < -0.4 is 10.1 Å². The van der Waals surface area contributed by atoms with Gasteiger partial charge in [0.25, 0.3) is 0 Å². The lowest BCUT2D eigenvalue weighted by Gasteiger charge is -2.25. The molecule has 1 aliphatic heterocycles. The highest BCUT2D eigenvalue weighted by Crippen LogP contribution is 2.26. The van der Waals surface area contributed by atoms with Crippen LogP contribution in [0.2, 0.25) is 0 Å². The molecule has 0 saturated carbocycles. The van der Waals surface area contributed by atoms with Gasteiger partial charge in [-0.3, -0.25) is 4.90 Å². The average Bonchev–Trinajstić information content (AvgIpc) is 3.08. The van der Waals surface area contributed by atoms with Crippen LogP contribution in [0.25, 0.3) is 0 Å². The van der Waals surface area contributed by atoms with E-state index in [1.54, 1.807) is 6.07 Å². The number of morpholine rings is 1.